The molecule has 2 unspecified atom stereocenters. The first-order valence-electron chi connectivity index (χ1n) is 6.86. The summed E-state index contributed by atoms with van der Waals surface area (Å²) in [4.78, 5) is 0. The average molecular weight is 269 g/mol. The molecule has 3 nitrogen and oxygen atoms in total. The topological polar surface area (TPSA) is 44.5 Å². The molecule has 2 N–H and O–H groups in total. The van der Waals surface area contributed by atoms with Crippen molar-refractivity contribution in [1.29, 1.82) is 0 Å². The molecule has 0 bridgehead atoms. The largest absolute Gasteiger partial charge is 0.497 e. The van der Waals surface area contributed by atoms with Gasteiger partial charge in [-0.05, 0) is 41.8 Å². The van der Waals surface area contributed by atoms with Crippen LogP contribution in [0.4, 0.5) is 0 Å². The van der Waals surface area contributed by atoms with Gasteiger partial charge in [-0.1, -0.05) is 24.3 Å². The van der Waals surface area contributed by atoms with Crippen molar-refractivity contribution < 1.29 is 9.47 Å². The summed E-state index contributed by atoms with van der Waals surface area (Å²) < 4.78 is 10.9. The maximum absolute atomic E-state index is 6.35. The minimum Gasteiger partial charge on any atom is -0.497 e. The number of hydrogen-bond acceptors (Lipinski definition) is 3. The molecule has 20 heavy (non-hydrogen) atoms. The van der Waals surface area contributed by atoms with E-state index in [2.05, 4.69) is 13.0 Å². The molecular formula is C17H19NO2. The van der Waals surface area contributed by atoms with Crippen LogP contribution in [0, 0.1) is 0 Å². The maximum Gasteiger partial charge on any atom is 0.123 e. The molecule has 2 atom stereocenters. The van der Waals surface area contributed by atoms with Gasteiger partial charge < -0.3 is 15.2 Å². The van der Waals surface area contributed by atoms with Crippen molar-refractivity contribution in [2.75, 3.05) is 7.11 Å². The fraction of sp³-hybridized carbons (Fsp3) is 0.294. The van der Waals surface area contributed by atoms with Crippen molar-refractivity contribution in [3.05, 3.63) is 59.2 Å². The van der Waals surface area contributed by atoms with Gasteiger partial charge in [0.25, 0.3) is 0 Å². The van der Waals surface area contributed by atoms with Crippen LogP contribution in [0.5, 0.6) is 11.5 Å². The molecule has 0 spiro atoms. The number of rotatable bonds is 3. The highest BCUT2D eigenvalue weighted by atomic mass is 16.5. The maximum atomic E-state index is 6.35. The van der Waals surface area contributed by atoms with Gasteiger partial charge in [0.1, 0.15) is 17.6 Å². The van der Waals surface area contributed by atoms with E-state index in [1.807, 2.05) is 36.4 Å². The molecule has 3 heteroatoms. The van der Waals surface area contributed by atoms with Crippen LogP contribution in [0.1, 0.15) is 29.7 Å². The Balaban J connectivity index is 1.86. The van der Waals surface area contributed by atoms with Crippen LogP contribution in [0.15, 0.2) is 42.5 Å². The highest BCUT2D eigenvalue weighted by Crippen LogP contribution is 2.32. The van der Waals surface area contributed by atoms with Crippen molar-refractivity contribution in [2.24, 2.45) is 5.73 Å². The lowest BCUT2D eigenvalue weighted by atomic mass is 9.97. The zero-order chi connectivity index (χ0) is 14.1. The summed E-state index contributed by atoms with van der Waals surface area (Å²) >= 11 is 0. The second kappa shape index (κ2) is 5.17. The molecule has 0 amide bonds. The van der Waals surface area contributed by atoms with Crippen molar-refractivity contribution in [2.45, 2.75) is 25.5 Å². The Morgan fingerprint density at radius 1 is 1.15 bits per heavy atom. The molecule has 3 rings (SSSR count). The molecule has 2 aromatic rings. The van der Waals surface area contributed by atoms with Gasteiger partial charge in [0.05, 0.1) is 13.2 Å². The quantitative estimate of drug-likeness (QED) is 0.931. The lowest BCUT2D eigenvalue weighted by molar-refractivity contribution is 0.254. The Labute approximate surface area is 119 Å². The van der Waals surface area contributed by atoms with Gasteiger partial charge in [-0.3, -0.25) is 0 Å². The fourth-order valence-corrected chi connectivity index (χ4v) is 2.64. The van der Waals surface area contributed by atoms with E-state index >= 15 is 0 Å². The molecular weight excluding hydrogens is 250 g/mol. The molecule has 1 aliphatic heterocycles. The predicted molar refractivity (Wildman–Crippen MR) is 79.3 cm³/mol. The van der Waals surface area contributed by atoms with Gasteiger partial charge in [-0.2, -0.15) is 0 Å². The number of ether oxygens (including phenoxy) is 2. The second-order valence-corrected chi connectivity index (χ2v) is 5.25. The summed E-state index contributed by atoms with van der Waals surface area (Å²) in [6, 6.07) is 14.0. The highest BCUT2D eigenvalue weighted by Gasteiger charge is 2.20. The Morgan fingerprint density at radius 3 is 2.55 bits per heavy atom. The predicted octanol–water partition coefficient (Wildman–Crippen LogP) is 3.07. The highest BCUT2D eigenvalue weighted by molar-refractivity contribution is 5.44. The number of nitrogens with two attached hydrogens (primary N) is 1. The van der Waals surface area contributed by atoms with Crippen LogP contribution in [-0.4, -0.2) is 13.2 Å². The van der Waals surface area contributed by atoms with Crippen LogP contribution in [0.3, 0.4) is 0 Å². The molecule has 0 saturated carbocycles. The molecule has 0 radical (unpaired) electrons. The molecule has 2 aromatic carbocycles. The van der Waals surface area contributed by atoms with Gasteiger partial charge in [0, 0.05) is 6.42 Å². The lowest BCUT2D eigenvalue weighted by Gasteiger charge is -2.14. The molecule has 1 heterocycles. The number of hydrogen-bond donors (Lipinski definition) is 1. The molecule has 104 valence electrons. The Bertz CT molecular complexity index is 607. The van der Waals surface area contributed by atoms with Crippen LogP contribution >= 0.6 is 0 Å². The molecule has 1 aliphatic rings. The van der Waals surface area contributed by atoms with E-state index in [1.54, 1.807) is 7.11 Å². The van der Waals surface area contributed by atoms with E-state index < -0.39 is 0 Å². The Kier molecular flexibility index (Phi) is 3.36. The lowest BCUT2D eigenvalue weighted by Crippen LogP contribution is -2.11. The van der Waals surface area contributed by atoms with Gasteiger partial charge in [-0.25, -0.2) is 0 Å². The van der Waals surface area contributed by atoms with Crippen LogP contribution in [-0.2, 0) is 6.42 Å². The SMILES string of the molecule is COc1ccc(C(N)c2ccc3c(c2)CC(C)O3)cc1. The van der Waals surface area contributed by atoms with Crippen LogP contribution in [0.2, 0.25) is 0 Å². The number of methoxy groups -OCH3 is 1. The summed E-state index contributed by atoms with van der Waals surface area (Å²) in [6.07, 6.45) is 1.22. The van der Waals surface area contributed by atoms with Crippen molar-refractivity contribution in [3.8, 4) is 11.5 Å². The molecule has 0 aromatic heterocycles. The number of fused-ring (bicyclic) bond motifs is 1. The Morgan fingerprint density at radius 2 is 1.85 bits per heavy atom. The first kappa shape index (κ1) is 13.0. The van der Waals surface area contributed by atoms with E-state index in [9.17, 15) is 0 Å². The molecule has 0 fully saturated rings. The third-order valence-electron chi connectivity index (χ3n) is 3.75. The summed E-state index contributed by atoms with van der Waals surface area (Å²) in [5.74, 6) is 1.83. The van der Waals surface area contributed by atoms with E-state index in [4.69, 9.17) is 15.2 Å². The average Bonchev–Trinajstić information content (AvgIpc) is 2.85. The van der Waals surface area contributed by atoms with Gasteiger partial charge in [0.15, 0.2) is 0 Å². The first-order valence-corrected chi connectivity index (χ1v) is 6.86. The van der Waals surface area contributed by atoms with E-state index in [1.165, 1.54) is 5.56 Å². The van der Waals surface area contributed by atoms with E-state index in [0.29, 0.717) is 0 Å². The molecule has 0 aliphatic carbocycles. The van der Waals surface area contributed by atoms with E-state index in [0.717, 1.165) is 29.0 Å². The zero-order valence-corrected chi connectivity index (χ0v) is 11.8. The minimum absolute atomic E-state index is 0.123. The van der Waals surface area contributed by atoms with Crippen LogP contribution < -0.4 is 15.2 Å². The van der Waals surface area contributed by atoms with Gasteiger partial charge in [-0.15, -0.1) is 0 Å². The fourth-order valence-electron chi connectivity index (χ4n) is 2.64. The standard InChI is InChI=1S/C17H19NO2/c1-11-9-14-10-13(5-8-16(14)20-11)17(18)12-3-6-15(19-2)7-4-12/h3-8,10-11,17H,9,18H2,1-2H3. The Hall–Kier alpha value is -2.00. The van der Waals surface area contributed by atoms with E-state index in [-0.39, 0.29) is 12.1 Å². The minimum atomic E-state index is -0.123. The van der Waals surface area contributed by atoms with Gasteiger partial charge >= 0.3 is 0 Å². The third kappa shape index (κ3) is 2.37. The third-order valence-corrected chi connectivity index (χ3v) is 3.75. The normalized spacial score (nSPS) is 18.2. The van der Waals surface area contributed by atoms with Gasteiger partial charge in [0.2, 0.25) is 0 Å². The van der Waals surface area contributed by atoms with Crippen molar-refractivity contribution in [1.82, 2.24) is 0 Å². The molecule has 0 saturated heterocycles. The van der Waals surface area contributed by atoms with Crippen molar-refractivity contribution in [3.63, 3.8) is 0 Å². The second-order valence-electron chi connectivity index (χ2n) is 5.25. The summed E-state index contributed by atoms with van der Waals surface area (Å²) in [7, 11) is 1.66. The van der Waals surface area contributed by atoms with Crippen molar-refractivity contribution >= 4 is 0 Å². The van der Waals surface area contributed by atoms with Crippen LogP contribution in [0.25, 0.3) is 0 Å². The zero-order valence-electron chi connectivity index (χ0n) is 11.8. The first-order chi connectivity index (χ1) is 9.67. The number of benzene rings is 2. The monoisotopic (exact) mass is 269 g/mol. The summed E-state index contributed by atoms with van der Waals surface area (Å²) in [6.45, 7) is 2.09. The smallest absolute Gasteiger partial charge is 0.123 e. The summed E-state index contributed by atoms with van der Waals surface area (Å²) in [5, 5.41) is 0. The summed E-state index contributed by atoms with van der Waals surface area (Å²) in [5.41, 5.74) is 9.80.